The van der Waals surface area contributed by atoms with E-state index in [0.717, 1.165) is 4.68 Å². The maximum Gasteiger partial charge on any atom is 0.357 e. The van der Waals surface area contributed by atoms with Gasteiger partial charge in [-0.2, -0.15) is 5.10 Å². The van der Waals surface area contributed by atoms with Gasteiger partial charge in [0.15, 0.2) is 11.2 Å². The molecular formula is C11H12N4O5. The molecule has 2 heterocycles. The van der Waals surface area contributed by atoms with Gasteiger partial charge in [-0.15, -0.1) is 0 Å². The Bertz CT molecular complexity index is 745. The number of hydrogen-bond donors (Lipinski definition) is 2. The van der Waals surface area contributed by atoms with E-state index in [1.54, 1.807) is 0 Å². The van der Waals surface area contributed by atoms with Crippen LogP contribution in [-0.2, 0) is 11.3 Å². The van der Waals surface area contributed by atoms with Crippen molar-refractivity contribution in [3.8, 4) is 0 Å². The van der Waals surface area contributed by atoms with Crippen molar-refractivity contribution in [3.63, 3.8) is 0 Å². The van der Waals surface area contributed by atoms with Crippen molar-refractivity contribution >= 4 is 22.8 Å². The molecule has 0 aromatic carbocycles. The van der Waals surface area contributed by atoms with Gasteiger partial charge in [-0.05, 0) is 6.92 Å². The molecule has 0 bridgehead atoms. The number of carbonyl (C=O) groups is 2. The van der Waals surface area contributed by atoms with Crippen LogP contribution in [0.25, 0.3) is 10.9 Å². The van der Waals surface area contributed by atoms with Gasteiger partial charge in [-0.1, -0.05) is 5.16 Å². The molecule has 0 aliphatic carbocycles. The number of nitrogens with zero attached hydrogens (tertiary/aromatic N) is 3. The van der Waals surface area contributed by atoms with Crippen molar-refractivity contribution in [2.24, 2.45) is 0 Å². The largest absolute Gasteiger partial charge is 0.476 e. The van der Waals surface area contributed by atoms with Crippen molar-refractivity contribution in [2.45, 2.75) is 19.9 Å². The van der Waals surface area contributed by atoms with Gasteiger partial charge in [0.05, 0.1) is 11.9 Å². The Balaban J connectivity index is 2.57. The minimum Gasteiger partial charge on any atom is -0.476 e. The van der Waals surface area contributed by atoms with Crippen LogP contribution in [0.4, 0.5) is 0 Å². The third-order valence-electron chi connectivity index (χ3n) is 2.79. The fourth-order valence-corrected chi connectivity index (χ4v) is 1.77. The summed E-state index contributed by atoms with van der Waals surface area (Å²) in [6.45, 7) is 1.46. The molecule has 0 aliphatic rings. The van der Waals surface area contributed by atoms with E-state index in [1.165, 1.54) is 14.0 Å². The molecule has 2 rings (SSSR count). The normalized spacial score (nSPS) is 10.7. The molecule has 0 unspecified atom stereocenters. The van der Waals surface area contributed by atoms with Crippen LogP contribution in [0.15, 0.2) is 9.32 Å². The van der Waals surface area contributed by atoms with E-state index in [-0.39, 0.29) is 41.2 Å². The van der Waals surface area contributed by atoms with Crippen molar-refractivity contribution in [1.82, 2.24) is 20.3 Å². The molecule has 0 saturated heterocycles. The van der Waals surface area contributed by atoms with Crippen LogP contribution in [0.2, 0.25) is 0 Å². The Hall–Kier alpha value is -2.71. The molecule has 9 heteroatoms. The van der Waals surface area contributed by atoms with Crippen LogP contribution in [-0.4, -0.2) is 39.0 Å². The maximum absolute atomic E-state index is 12.1. The fraction of sp³-hybridized carbons (Fsp3) is 0.364. The summed E-state index contributed by atoms with van der Waals surface area (Å²) in [5.41, 5.74) is -1.02. The number of rotatable bonds is 4. The fourth-order valence-electron chi connectivity index (χ4n) is 1.77. The van der Waals surface area contributed by atoms with Crippen LogP contribution < -0.4 is 10.9 Å². The number of aryl methyl sites for hydroxylation is 2. The van der Waals surface area contributed by atoms with Gasteiger partial charge < -0.3 is 14.9 Å². The monoisotopic (exact) mass is 280 g/mol. The highest BCUT2D eigenvalue weighted by Crippen LogP contribution is 2.17. The second-order valence-electron chi connectivity index (χ2n) is 4.07. The minimum absolute atomic E-state index is 0.00477. The van der Waals surface area contributed by atoms with Crippen LogP contribution in [0.5, 0.6) is 0 Å². The molecule has 2 aromatic rings. The molecule has 1 amide bonds. The lowest BCUT2D eigenvalue weighted by molar-refractivity contribution is -0.120. The summed E-state index contributed by atoms with van der Waals surface area (Å²) in [6, 6.07) is 0. The molecule has 0 fully saturated rings. The number of carbonyl (C=O) groups excluding carboxylic acids is 1. The first-order chi connectivity index (χ1) is 9.45. The molecule has 2 aromatic heterocycles. The van der Waals surface area contributed by atoms with E-state index >= 15 is 0 Å². The SMILES string of the molecule is CNC(=O)CCn1nc(C(=O)O)c2c(C)onc2c1=O. The summed E-state index contributed by atoms with van der Waals surface area (Å²) < 4.78 is 5.75. The van der Waals surface area contributed by atoms with Crippen LogP contribution in [0.1, 0.15) is 22.7 Å². The van der Waals surface area contributed by atoms with Crippen LogP contribution >= 0.6 is 0 Å². The average molecular weight is 280 g/mol. The average Bonchev–Trinajstić information content (AvgIpc) is 2.80. The zero-order valence-electron chi connectivity index (χ0n) is 10.8. The lowest BCUT2D eigenvalue weighted by atomic mass is 10.2. The van der Waals surface area contributed by atoms with Gasteiger partial charge >= 0.3 is 5.97 Å². The van der Waals surface area contributed by atoms with Crippen molar-refractivity contribution in [1.29, 1.82) is 0 Å². The van der Waals surface area contributed by atoms with Gasteiger partial charge in [-0.25, -0.2) is 9.48 Å². The Kier molecular flexibility index (Phi) is 3.51. The molecule has 0 aliphatic heterocycles. The predicted octanol–water partition coefficient (Wildman–Crippen LogP) is -0.473. The van der Waals surface area contributed by atoms with Crippen LogP contribution in [0.3, 0.4) is 0 Å². The summed E-state index contributed by atoms with van der Waals surface area (Å²) in [4.78, 5) is 34.4. The molecule has 0 saturated carbocycles. The van der Waals surface area contributed by atoms with Crippen LogP contribution in [0, 0.1) is 6.92 Å². The summed E-state index contributed by atoms with van der Waals surface area (Å²) in [5.74, 6) is -1.37. The highest BCUT2D eigenvalue weighted by molar-refractivity contribution is 6.00. The number of aromatic carboxylic acids is 1. The van der Waals surface area contributed by atoms with E-state index in [9.17, 15) is 14.4 Å². The molecule has 0 atom stereocenters. The summed E-state index contributed by atoms with van der Waals surface area (Å²) in [5, 5.41) is 18.9. The highest BCUT2D eigenvalue weighted by atomic mass is 16.5. The predicted molar refractivity (Wildman–Crippen MR) is 66.4 cm³/mol. The third-order valence-corrected chi connectivity index (χ3v) is 2.79. The van der Waals surface area contributed by atoms with Crippen molar-refractivity contribution in [3.05, 3.63) is 21.8 Å². The van der Waals surface area contributed by atoms with E-state index in [0.29, 0.717) is 0 Å². The first-order valence-corrected chi connectivity index (χ1v) is 5.76. The Morgan fingerprint density at radius 1 is 1.45 bits per heavy atom. The Morgan fingerprint density at radius 2 is 2.15 bits per heavy atom. The number of aromatic nitrogens is 3. The first kappa shape index (κ1) is 13.7. The van der Waals surface area contributed by atoms with Gasteiger partial charge in [0.1, 0.15) is 5.76 Å². The van der Waals surface area contributed by atoms with Crippen molar-refractivity contribution in [2.75, 3.05) is 7.05 Å². The highest BCUT2D eigenvalue weighted by Gasteiger charge is 2.21. The summed E-state index contributed by atoms with van der Waals surface area (Å²) >= 11 is 0. The van der Waals surface area contributed by atoms with Crippen molar-refractivity contribution < 1.29 is 19.2 Å². The number of carboxylic acid groups (broad SMARTS) is 1. The lowest BCUT2D eigenvalue weighted by Gasteiger charge is -2.05. The second kappa shape index (κ2) is 5.11. The van der Waals surface area contributed by atoms with Gasteiger partial charge in [-0.3, -0.25) is 9.59 Å². The Labute approximate surface area is 112 Å². The topological polar surface area (TPSA) is 127 Å². The maximum atomic E-state index is 12.1. The number of nitrogens with one attached hydrogen (secondary N) is 1. The smallest absolute Gasteiger partial charge is 0.357 e. The Morgan fingerprint density at radius 3 is 2.75 bits per heavy atom. The minimum atomic E-state index is -1.30. The summed E-state index contributed by atoms with van der Waals surface area (Å²) in [6.07, 6.45) is 0.00477. The molecule has 2 N–H and O–H groups in total. The lowest BCUT2D eigenvalue weighted by Crippen LogP contribution is -2.29. The van der Waals surface area contributed by atoms with E-state index in [4.69, 9.17) is 9.63 Å². The van der Waals surface area contributed by atoms with E-state index in [1.807, 2.05) is 0 Å². The van der Waals surface area contributed by atoms with Gasteiger partial charge in [0.2, 0.25) is 5.91 Å². The second-order valence-corrected chi connectivity index (χ2v) is 4.07. The third kappa shape index (κ3) is 2.25. The quantitative estimate of drug-likeness (QED) is 0.774. The van der Waals surface area contributed by atoms with E-state index < -0.39 is 11.5 Å². The summed E-state index contributed by atoms with van der Waals surface area (Å²) in [7, 11) is 1.46. The van der Waals surface area contributed by atoms with E-state index in [2.05, 4.69) is 15.6 Å². The standard InChI is InChI=1S/C11H12N4O5/c1-5-7-8(14-20-5)10(17)15(4-3-6(16)12-2)13-9(7)11(18)19/h3-4H2,1-2H3,(H,12,16)(H,18,19). The number of hydrogen-bond acceptors (Lipinski definition) is 6. The number of fused-ring (bicyclic) bond motifs is 1. The van der Waals surface area contributed by atoms with Gasteiger partial charge in [0, 0.05) is 13.5 Å². The molecular weight excluding hydrogens is 268 g/mol. The first-order valence-electron chi connectivity index (χ1n) is 5.76. The molecule has 9 nitrogen and oxygen atoms in total. The zero-order valence-corrected chi connectivity index (χ0v) is 10.8. The number of amides is 1. The molecule has 106 valence electrons. The molecule has 0 radical (unpaired) electrons. The van der Waals surface area contributed by atoms with Gasteiger partial charge in [0.25, 0.3) is 5.56 Å². The number of carboxylic acids is 1. The molecule has 0 spiro atoms. The zero-order chi connectivity index (χ0) is 14.9. The molecule has 20 heavy (non-hydrogen) atoms.